The molecule has 1 aromatic rings. The molecule has 1 atom stereocenters. The normalized spacial score (nSPS) is 13.9. The number of benzene rings is 1. The summed E-state index contributed by atoms with van der Waals surface area (Å²) >= 11 is 0. The topological polar surface area (TPSA) is 23.3 Å². The third-order valence-corrected chi connectivity index (χ3v) is 7.70. The quantitative estimate of drug-likeness (QED) is 0.598. The molecule has 1 rings (SSSR count). The standard InChI is InChI=1S/C14H24NOSi.Li/c1-12(13-10-8-7-9-11-13)15-16-17(5,6)14(2,3)4;/h7-12H,1-6H3;/q-1;+1/t12-;/m0./s1. The van der Waals surface area contributed by atoms with E-state index < -0.39 is 8.32 Å². The molecule has 0 aliphatic carbocycles. The first-order valence-electron chi connectivity index (χ1n) is 6.17. The van der Waals surface area contributed by atoms with Crippen LogP contribution in [0, 0.1) is 0 Å². The maximum atomic E-state index is 5.87. The molecular formula is C14H24LiNOSi. The van der Waals surface area contributed by atoms with Crippen molar-refractivity contribution in [3.63, 3.8) is 0 Å². The predicted molar refractivity (Wildman–Crippen MR) is 76.5 cm³/mol. The van der Waals surface area contributed by atoms with Gasteiger partial charge in [-0.05, 0) is 18.1 Å². The average molecular weight is 257 g/mol. The summed E-state index contributed by atoms with van der Waals surface area (Å²) in [6.45, 7) is 13.2. The minimum Gasteiger partial charge on any atom is -0.541 e. The van der Waals surface area contributed by atoms with Crippen LogP contribution in [0.3, 0.4) is 0 Å². The van der Waals surface area contributed by atoms with Gasteiger partial charge >= 0.3 is 18.9 Å². The maximum Gasteiger partial charge on any atom is 1.00 e. The van der Waals surface area contributed by atoms with E-state index in [1.807, 2.05) is 18.2 Å². The molecule has 0 saturated carbocycles. The molecule has 0 aliphatic heterocycles. The Labute approximate surface area is 125 Å². The molecule has 0 spiro atoms. The number of hydrogen-bond acceptors (Lipinski definition) is 1. The summed E-state index contributed by atoms with van der Waals surface area (Å²) in [6, 6.07) is 10.4. The van der Waals surface area contributed by atoms with Crippen LogP contribution in [-0.4, -0.2) is 8.32 Å². The zero-order valence-electron chi connectivity index (χ0n) is 12.8. The van der Waals surface area contributed by atoms with E-state index in [0.717, 1.165) is 0 Å². The van der Waals surface area contributed by atoms with Crippen LogP contribution in [-0.2, 0) is 4.53 Å². The average Bonchev–Trinajstić information content (AvgIpc) is 2.25. The van der Waals surface area contributed by atoms with Gasteiger partial charge in [0.25, 0.3) is 0 Å². The van der Waals surface area contributed by atoms with Crippen molar-refractivity contribution in [3.05, 3.63) is 41.4 Å². The molecule has 0 bridgehead atoms. The Kier molecular flexibility index (Phi) is 6.91. The van der Waals surface area contributed by atoms with Crippen LogP contribution in [0.1, 0.15) is 39.3 Å². The number of rotatable bonds is 4. The fraction of sp³-hybridized carbons (Fsp3) is 0.571. The molecule has 0 saturated heterocycles. The van der Waals surface area contributed by atoms with Crippen molar-refractivity contribution >= 4 is 8.32 Å². The fourth-order valence-electron chi connectivity index (χ4n) is 1.14. The van der Waals surface area contributed by atoms with Crippen molar-refractivity contribution in [2.45, 2.75) is 51.9 Å². The van der Waals surface area contributed by atoms with Crippen LogP contribution in [0.25, 0.3) is 5.48 Å². The second-order valence-corrected chi connectivity index (χ2v) is 10.7. The van der Waals surface area contributed by atoms with Crippen molar-refractivity contribution in [2.24, 2.45) is 0 Å². The van der Waals surface area contributed by atoms with Gasteiger partial charge in [-0.15, -0.1) is 0 Å². The summed E-state index contributed by atoms with van der Waals surface area (Å²) in [7, 11) is -1.77. The van der Waals surface area contributed by atoms with Gasteiger partial charge in [0, 0.05) is 0 Å². The smallest absolute Gasteiger partial charge is 0.541 e. The zero-order valence-corrected chi connectivity index (χ0v) is 13.8. The van der Waals surface area contributed by atoms with Crippen molar-refractivity contribution in [2.75, 3.05) is 0 Å². The van der Waals surface area contributed by atoms with Crippen LogP contribution in [0.4, 0.5) is 0 Å². The van der Waals surface area contributed by atoms with Gasteiger partial charge in [-0.1, -0.05) is 69.6 Å². The van der Waals surface area contributed by atoms with Crippen LogP contribution in [0.2, 0.25) is 18.1 Å². The Morgan fingerprint density at radius 1 is 1.11 bits per heavy atom. The van der Waals surface area contributed by atoms with E-state index in [1.54, 1.807) is 0 Å². The third kappa shape index (κ3) is 4.91. The van der Waals surface area contributed by atoms with Crippen LogP contribution in [0.15, 0.2) is 30.3 Å². The van der Waals surface area contributed by atoms with Gasteiger partial charge in [-0.3, -0.25) is 0 Å². The van der Waals surface area contributed by atoms with E-state index in [2.05, 4.69) is 58.4 Å². The van der Waals surface area contributed by atoms with E-state index in [-0.39, 0.29) is 29.9 Å². The molecule has 1 aromatic carbocycles. The summed E-state index contributed by atoms with van der Waals surface area (Å²) < 4.78 is 5.87. The second-order valence-electron chi connectivity index (χ2n) is 6.04. The molecule has 0 unspecified atom stereocenters. The molecule has 0 N–H and O–H groups in total. The molecule has 0 fully saturated rings. The summed E-state index contributed by atoms with van der Waals surface area (Å²) in [4.78, 5) is 0. The molecule has 0 aromatic heterocycles. The van der Waals surface area contributed by atoms with Gasteiger partial charge in [0.1, 0.15) is 0 Å². The molecule has 96 valence electrons. The third-order valence-electron chi connectivity index (χ3n) is 3.53. The SMILES string of the molecule is C[C@H]([N-]O[Si](C)(C)C(C)(C)C)c1ccccc1.[Li+]. The molecule has 2 nitrogen and oxygen atoms in total. The van der Waals surface area contributed by atoms with Gasteiger partial charge in [-0.25, -0.2) is 0 Å². The Bertz CT molecular complexity index is 349. The predicted octanol–water partition coefficient (Wildman–Crippen LogP) is 2.06. The number of hydrogen-bond donors (Lipinski definition) is 0. The molecule has 0 amide bonds. The Balaban J connectivity index is 0.00000289. The first-order valence-corrected chi connectivity index (χ1v) is 9.08. The second kappa shape index (κ2) is 6.93. The van der Waals surface area contributed by atoms with E-state index in [0.29, 0.717) is 0 Å². The molecule has 0 heterocycles. The molecule has 4 heteroatoms. The monoisotopic (exact) mass is 257 g/mol. The minimum absolute atomic E-state index is 0. The zero-order chi connectivity index (χ0) is 13.1. The van der Waals surface area contributed by atoms with E-state index in [1.165, 1.54) is 5.56 Å². The van der Waals surface area contributed by atoms with Crippen molar-refractivity contribution in [1.29, 1.82) is 0 Å². The van der Waals surface area contributed by atoms with Gasteiger partial charge in [0.05, 0.1) is 0 Å². The Morgan fingerprint density at radius 2 is 1.61 bits per heavy atom. The van der Waals surface area contributed by atoms with E-state index in [9.17, 15) is 0 Å². The Morgan fingerprint density at radius 3 is 2.06 bits per heavy atom. The maximum absolute atomic E-state index is 5.87. The largest absolute Gasteiger partial charge is 1.00 e. The summed E-state index contributed by atoms with van der Waals surface area (Å²) in [6.07, 6.45) is 0. The van der Waals surface area contributed by atoms with Crippen molar-refractivity contribution < 1.29 is 23.4 Å². The Hall–Kier alpha value is -0.0457. The van der Waals surface area contributed by atoms with E-state index in [4.69, 9.17) is 4.53 Å². The molecule has 18 heavy (non-hydrogen) atoms. The van der Waals surface area contributed by atoms with Crippen molar-refractivity contribution in [1.82, 2.24) is 0 Å². The first kappa shape index (κ1) is 18.0. The first-order chi connectivity index (χ1) is 7.74. The summed E-state index contributed by atoms with van der Waals surface area (Å²) in [5, 5.41) is 0.201. The molecule has 0 aliphatic rings. The molecule has 0 radical (unpaired) electrons. The van der Waals surface area contributed by atoms with E-state index >= 15 is 0 Å². The summed E-state index contributed by atoms with van der Waals surface area (Å²) in [5.74, 6) is 0. The van der Waals surface area contributed by atoms with Gasteiger partial charge in [0.2, 0.25) is 0 Å². The number of hydroxylamine groups is 1. The van der Waals surface area contributed by atoms with Gasteiger partial charge in [0.15, 0.2) is 8.32 Å². The molecular weight excluding hydrogens is 233 g/mol. The van der Waals surface area contributed by atoms with Gasteiger partial charge in [-0.2, -0.15) is 0 Å². The van der Waals surface area contributed by atoms with Crippen LogP contribution in [0.5, 0.6) is 0 Å². The van der Waals surface area contributed by atoms with Crippen LogP contribution >= 0.6 is 0 Å². The minimum atomic E-state index is -1.77. The fourth-order valence-corrected chi connectivity index (χ4v) is 1.84. The summed E-state index contributed by atoms with van der Waals surface area (Å²) in [5.41, 5.74) is 5.59. The van der Waals surface area contributed by atoms with Crippen LogP contribution < -0.4 is 18.9 Å². The number of nitrogens with zero attached hydrogens (tertiary/aromatic N) is 1. The van der Waals surface area contributed by atoms with Crippen molar-refractivity contribution in [3.8, 4) is 0 Å². The van der Waals surface area contributed by atoms with Gasteiger partial charge < -0.3 is 10.0 Å².